The van der Waals surface area contributed by atoms with Crippen LogP contribution < -0.4 is 5.32 Å². The van der Waals surface area contributed by atoms with E-state index < -0.39 is 0 Å². The highest BCUT2D eigenvalue weighted by Crippen LogP contribution is 2.23. The molecule has 0 saturated heterocycles. The number of hydrogen-bond donors (Lipinski definition) is 1. The van der Waals surface area contributed by atoms with E-state index in [4.69, 9.17) is 0 Å². The van der Waals surface area contributed by atoms with Crippen LogP contribution in [-0.2, 0) is 4.79 Å². The van der Waals surface area contributed by atoms with Gasteiger partial charge in [-0.05, 0) is 26.8 Å². The standard InChI is InChI=1S/C8H15NO/c1-8(9-2)6-4-3-5-7(8)10/h9H,3-6H2,1-2H3/t8-/m0/s1. The van der Waals surface area contributed by atoms with Gasteiger partial charge >= 0.3 is 0 Å². The first-order chi connectivity index (χ1) is 4.69. The van der Waals surface area contributed by atoms with Crippen molar-refractivity contribution < 1.29 is 4.79 Å². The van der Waals surface area contributed by atoms with Gasteiger partial charge in [-0.1, -0.05) is 6.42 Å². The molecule has 1 aliphatic carbocycles. The first-order valence-corrected chi connectivity index (χ1v) is 3.91. The zero-order valence-corrected chi connectivity index (χ0v) is 6.74. The minimum absolute atomic E-state index is 0.210. The molecule has 0 spiro atoms. The van der Waals surface area contributed by atoms with Gasteiger partial charge in [-0.2, -0.15) is 0 Å². The fourth-order valence-electron chi connectivity index (χ4n) is 1.44. The summed E-state index contributed by atoms with van der Waals surface area (Å²) in [6.45, 7) is 1.99. The molecule has 1 fully saturated rings. The molecule has 2 nitrogen and oxygen atoms in total. The van der Waals surface area contributed by atoms with Crippen LogP contribution in [-0.4, -0.2) is 18.4 Å². The maximum atomic E-state index is 11.3. The molecule has 1 atom stereocenters. The molecule has 0 unspecified atom stereocenters. The number of carbonyl (C=O) groups is 1. The zero-order valence-electron chi connectivity index (χ0n) is 6.74. The van der Waals surface area contributed by atoms with E-state index in [1.807, 2.05) is 14.0 Å². The van der Waals surface area contributed by atoms with Crippen molar-refractivity contribution in [3.63, 3.8) is 0 Å². The van der Waals surface area contributed by atoms with Crippen LogP contribution in [0.4, 0.5) is 0 Å². The first-order valence-electron chi connectivity index (χ1n) is 3.91. The highest BCUT2D eigenvalue weighted by atomic mass is 16.1. The molecule has 0 heterocycles. The highest BCUT2D eigenvalue weighted by Gasteiger charge is 2.32. The molecule has 0 aliphatic heterocycles. The summed E-state index contributed by atoms with van der Waals surface area (Å²) in [7, 11) is 1.86. The summed E-state index contributed by atoms with van der Waals surface area (Å²) in [5.74, 6) is 0.376. The molecule has 0 aromatic heterocycles. The quantitative estimate of drug-likeness (QED) is 0.592. The largest absolute Gasteiger partial charge is 0.308 e. The molecule has 0 radical (unpaired) electrons. The maximum Gasteiger partial charge on any atom is 0.152 e. The molecule has 1 N–H and O–H groups in total. The van der Waals surface area contributed by atoms with Crippen molar-refractivity contribution in [3.8, 4) is 0 Å². The summed E-state index contributed by atoms with van der Waals surface area (Å²) in [4.78, 5) is 11.3. The maximum absolute atomic E-state index is 11.3. The van der Waals surface area contributed by atoms with Gasteiger partial charge in [-0.3, -0.25) is 4.79 Å². The van der Waals surface area contributed by atoms with Crippen molar-refractivity contribution in [3.05, 3.63) is 0 Å². The van der Waals surface area contributed by atoms with Gasteiger partial charge in [0.05, 0.1) is 5.54 Å². The van der Waals surface area contributed by atoms with Gasteiger partial charge in [-0.25, -0.2) is 0 Å². The molecular formula is C8H15NO. The van der Waals surface area contributed by atoms with Crippen molar-refractivity contribution >= 4 is 5.78 Å². The van der Waals surface area contributed by atoms with Crippen molar-refractivity contribution in [2.45, 2.75) is 38.1 Å². The van der Waals surface area contributed by atoms with Crippen LogP contribution in [0, 0.1) is 0 Å². The summed E-state index contributed by atoms with van der Waals surface area (Å²) in [6.07, 6.45) is 4.03. The predicted molar refractivity (Wildman–Crippen MR) is 40.9 cm³/mol. The van der Waals surface area contributed by atoms with E-state index >= 15 is 0 Å². The van der Waals surface area contributed by atoms with E-state index in [0.717, 1.165) is 19.3 Å². The average Bonchev–Trinajstić information content (AvgIpc) is 1.96. The Balaban J connectivity index is 2.63. The molecule has 1 rings (SSSR count). The third-order valence-electron chi connectivity index (χ3n) is 2.50. The van der Waals surface area contributed by atoms with Gasteiger partial charge in [0.1, 0.15) is 0 Å². The number of carbonyl (C=O) groups excluding carboxylic acids is 1. The Morgan fingerprint density at radius 1 is 1.50 bits per heavy atom. The lowest BCUT2D eigenvalue weighted by Crippen LogP contribution is -2.49. The zero-order chi connectivity index (χ0) is 7.61. The minimum Gasteiger partial charge on any atom is -0.308 e. The number of hydrogen-bond acceptors (Lipinski definition) is 2. The Bertz CT molecular complexity index is 144. The summed E-state index contributed by atoms with van der Waals surface area (Å²) in [6, 6.07) is 0. The molecule has 2 heteroatoms. The van der Waals surface area contributed by atoms with Gasteiger partial charge in [0.15, 0.2) is 5.78 Å². The molecule has 1 saturated carbocycles. The van der Waals surface area contributed by atoms with Crippen LogP contribution >= 0.6 is 0 Å². The molecule has 0 bridgehead atoms. The normalized spacial score (nSPS) is 34.4. The van der Waals surface area contributed by atoms with E-state index in [1.165, 1.54) is 6.42 Å². The van der Waals surface area contributed by atoms with Crippen molar-refractivity contribution in [1.29, 1.82) is 0 Å². The highest BCUT2D eigenvalue weighted by molar-refractivity contribution is 5.88. The Kier molecular flexibility index (Phi) is 2.09. The number of Topliss-reactive ketones (excluding diaryl/α,β-unsaturated/α-hetero) is 1. The summed E-state index contributed by atoms with van der Waals surface area (Å²) in [5, 5.41) is 3.08. The summed E-state index contributed by atoms with van der Waals surface area (Å²) >= 11 is 0. The third kappa shape index (κ3) is 1.21. The number of nitrogens with one attached hydrogen (secondary N) is 1. The smallest absolute Gasteiger partial charge is 0.152 e. The molecule has 10 heavy (non-hydrogen) atoms. The molecule has 0 aromatic rings. The van der Waals surface area contributed by atoms with Crippen LogP contribution in [0.2, 0.25) is 0 Å². The van der Waals surface area contributed by atoms with Gasteiger partial charge in [0.25, 0.3) is 0 Å². The molecular weight excluding hydrogens is 126 g/mol. The van der Waals surface area contributed by atoms with Gasteiger partial charge in [0, 0.05) is 6.42 Å². The third-order valence-corrected chi connectivity index (χ3v) is 2.50. The van der Waals surface area contributed by atoms with Crippen LogP contribution in [0.25, 0.3) is 0 Å². The van der Waals surface area contributed by atoms with E-state index in [1.54, 1.807) is 0 Å². The van der Waals surface area contributed by atoms with Crippen LogP contribution in [0.15, 0.2) is 0 Å². The molecule has 0 amide bonds. The van der Waals surface area contributed by atoms with E-state index in [-0.39, 0.29) is 5.54 Å². The monoisotopic (exact) mass is 141 g/mol. The van der Waals surface area contributed by atoms with Crippen LogP contribution in [0.3, 0.4) is 0 Å². The lowest BCUT2D eigenvalue weighted by atomic mass is 9.82. The minimum atomic E-state index is -0.210. The lowest BCUT2D eigenvalue weighted by molar-refractivity contribution is -0.126. The van der Waals surface area contributed by atoms with Crippen molar-refractivity contribution in [2.24, 2.45) is 0 Å². The van der Waals surface area contributed by atoms with E-state index in [9.17, 15) is 4.79 Å². The number of likely N-dealkylation sites (N-methyl/N-ethyl adjacent to an activating group) is 1. The van der Waals surface area contributed by atoms with Gasteiger partial charge in [0.2, 0.25) is 0 Å². The van der Waals surface area contributed by atoms with Gasteiger partial charge < -0.3 is 5.32 Å². The Morgan fingerprint density at radius 2 is 2.20 bits per heavy atom. The van der Waals surface area contributed by atoms with E-state index in [0.29, 0.717) is 5.78 Å². The Hall–Kier alpha value is -0.370. The lowest BCUT2D eigenvalue weighted by Gasteiger charge is -2.31. The van der Waals surface area contributed by atoms with Gasteiger partial charge in [-0.15, -0.1) is 0 Å². The Labute approximate surface area is 62.0 Å². The molecule has 0 aromatic carbocycles. The average molecular weight is 141 g/mol. The SMILES string of the molecule is CN[C@@]1(C)CCCCC1=O. The van der Waals surface area contributed by atoms with E-state index in [2.05, 4.69) is 5.32 Å². The molecule has 1 aliphatic rings. The summed E-state index contributed by atoms with van der Waals surface area (Å²) in [5.41, 5.74) is -0.210. The van der Waals surface area contributed by atoms with Crippen LogP contribution in [0.1, 0.15) is 32.6 Å². The first kappa shape index (κ1) is 7.73. The van der Waals surface area contributed by atoms with Crippen molar-refractivity contribution in [2.75, 3.05) is 7.05 Å². The Morgan fingerprint density at radius 3 is 2.60 bits per heavy atom. The van der Waals surface area contributed by atoms with Crippen LogP contribution in [0.5, 0.6) is 0 Å². The summed E-state index contributed by atoms with van der Waals surface area (Å²) < 4.78 is 0. The fourth-order valence-corrected chi connectivity index (χ4v) is 1.44. The predicted octanol–water partition coefficient (Wildman–Crippen LogP) is 1.11. The number of ketones is 1. The topological polar surface area (TPSA) is 29.1 Å². The second kappa shape index (κ2) is 2.70. The fraction of sp³-hybridized carbons (Fsp3) is 0.875. The molecule has 58 valence electrons. The van der Waals surface area contributed by atoms with Crippen molar-refractivity contribution in [1.82, 2.24) is 5.32 Å². The second-order valence-electron chi connectivity index (χ2n) is 3.21. The number of rotatable bonds is 1. The second-order valence-corrected chi connectivity index (χ2v) is 3.21.